The van der Waals surface area contributed by atoms with Crippen LogP contribution in [0.2, 0.25) is 10.0 Å². The van der Waals surface area contributed by atoms with E-state index in [1.54, 1.807) is 0 Å². The highest BCUT2D eigenvalue weighted by atomic mass is 35.5. The first-order chi connectivity index (χ1) is 12.6. The van der Waals surface area contributed by atoms with Crippen LogP contribution in [0.15, 0.2) is 24.4 Å². The molecule has 1 aliphatic heterocycles. The van der Waals surface area contributed by atoms with Gasteiger partial charge in [0, 0.05) is 11.6 Å². The molecule has 0 atom stereocenters. The van der Waals surface area contributed by atoms with E-state index in [4.69, 9.17) is 23.2 Å². The first-order valence-corrected chi connectivity index (χ1v) is 10.2. The molecule has 1 aromatic heterocycles. The zero-order chi connectivity index (χ0) is 18.1. The zero-order valence-electron chi connectivity index (χ0n) is 15.2. The fraction of sp³-hybridized carbons (Fsp3) is 0.500. The summed E-state index contributed by atoms with van der Waals surface area (Å²) in [5.74, 6) is 1.33. The van der Waals surface area contributed by atoms with Crippen molar-refractivity contribution in [2.45, 2.75) is 64.1 Å². The van der Waals surface area contributed by atoms with Crippen LogP contribution in [0, 0.1) is 0 Å². The number of fused-ring (bicyclic) bond motifs is 1. The van der Waals surface area contributed by atoms with Crippen molar-refractivity contribution in [3.8, 4) is 11.3 Å². The molecule has 1 amide bonds. The van der Waals surface area contributed by atoms with Gasteiger partial charge in [-0.25, -0.2) is 9.13 Å². The lowest BCUT2D eigenvalue weighted by molar-refractivity contribution is -0.690. The summed E-state index contributed by atoms with van der Waals surface area (Å²) in [6.45, 7) is 1.36. The Labute approximate surface area is 176 Å². The molecule has 4 nitrogen and oxygen atoms in total. The summed E-state index contributed by atoms with van der Waals surface area (Å²) >= 11 is 12.3. The SMILES string of the molecule is O=C(C[n+]1cc(-c2ccc(Cl)c(Cl)c2)n2c1CCC2)NC1CCCCC1.[Cl-]. The Hall–Kier alpha value is -1.23. The third-order valence-corrected chi connectivity index (χ3v) is 6.23. The van der Waals surface area contributed by atoms with E-state index < -0.39 is 0 Å². The van der Waals surface area contributed by atoms with Crippen LogP contribution in [0.4, 0.5) is 0 Å². The molecule has 2 aliphatic rings. The van der Waals surface area contributed by atoms with Crippen molar-refractivity contribution in [2.75, 3.05) is 0 Å². The number of hydrogen-bond acceptors (Lipinski definition) is 1. The van der Waals surface area contributed by atoms with Crippen molar-refractivity contribution in [1.29, 1.82) is 0 Å². The van der Waals surface area contributed by atoms with Gasteiger partial charge in [0.2, 0.25) is 0 Å². The first kappa shape index (κ1) is 20.5. The Bertz CT molecular complexity index is 828. The van der Waals surface area contributed by atoms with E-state index in [2.05, 4.69) is 20.6 Å². The van der Waals surface area contributed by atoms with E-state index in [1.165, 1.54) is 25.1 Å². The van der Waals surface area contributed by atoms with Crippen molar-refractivity contribution < 1.29 is 21.8 Å². The van der Waals surface area contributed by atoms with Gasteiger partial charge in [-0.3, -0.25) is 4.79 Å². The minimum Gasteiger partial charge on any atom is -1.00 e. The van der Waals surface area contributed by atoms with Crippen molar-refractivity contribution >= 4 is 29.1 Å². The number of benzene rings is 1. The normalized spacial score (nSPS) is 16.7. The summed E-state index contributed by atoms with van der Waals surface area (Å²) in [4.78, 5) is 12.5. The Kier molecular flexibility index (Phi) is 6.72. The lowest BCUT2D eigenvalue weighted by atomic mass is 9.95. The Balaban J connectivity index is 0.00000210. The van der Waals surface area contributed by atoms with Gasteiger partial charge in [0.25, 0.3) is 11.7 Å². The van der Waals surface area contributed by atoms with Gasteiger partial charge in [-0.05, 0) is 37.5 Å². The number of nitrogens with one attached hydrogen (secondary N) is 1. The predicted molar refractivity (Wildman–Crippen MR) is 103 cm³/mol. The third kappa shape index (κ3) is 4.44. The average Bonchev–Trinajstić information content (AvgIpc) is 3.22. The quantitative estimate of drug-likeness (QED) is 0.729. The van der Waals surface area contributed by atoms with Crippen molar-refractivity contribution in [3.05, 3.63) is 40.3 Å². The highest BCUT2D eigenvalue weighted by Crippen LogP contribution is 2.30. The maximum absolute atomic E-state index is 12.5. The van der Waals surface area contributed by atoms with Crippen LogP contribution in [-0.4, -0.2) is 16.5 Å². The second-order valence-electron chi connectivity index (χ2n) is 7.34. The van der Waals surface area contributed by atoms with Crippen molar-refractivity contribution in [1.82, 2.24) is 9.88 Å². The minimum atomic E-state index is 0. The summed E-state index contributed by atoms with van der Waals surface area (Å²) in [6, 6.07) is 6.06. The highest BCUT2D eigenvalue weighted by molar-refractivity contribution is 6.42. The van der Waals surface area contributed by atoms with Gasteiger partial charge >= 0.3 is 0 Å². The summed E-state index contributed by atoms with van der Waals surface area (Å²) in [5, 5.41) is 4.33. The van der Waals surface area contributed by atoms with E-state index in [0.717, 1.165) is 43.5 Å². The van der Waals surface area contributed by atoms with Gasteiger partial charge in [0.1, 0.15) is 6.20 Å². The molecule has 7 heteroatoms. The molecular formula is C20H24Cl3N3O. The number of hydrogen-bond donors (Lipinski definition) is 1. The smallest absolute Gasteiger partial charge is 0.262 e. The number of imidazole rings is 1. The molecule has 1 N–H and O–H groups in total. The van der Waals surface area contributed by atoms with E-state index in [-0.39, 0.29) is 18.3 Å². The zero-order valence-corrected chi connectivity index (χ0v) is 17.5. The molecule has 2 aromatic rings. The maximum Gasteiger partial charge on any atom is 0.262 e. The molecule has 2 heterocycles. The maximum atomic E-state index is 12.5. The van der Waals surface area contributed by atoms with Crippen LogP contribution in [0.25, 0.3) is 11.3 Å². The minimum absolute atomic E-state index is 0. The fourth-order valence-electron chi connectivity index (χ4n) is 4.21. The topological polar surface area (TPSA) is 37.9 Å². The molecule has 146 valence electrons. The van der Waals surface area contributed by atoms with Crippen LogP contribution < -0.4 is 22.3 Å². The summed E-state index contributed by atoms with van der Waals surface area (Å²) < 4.78 is 4.40. The predicted octanol–water partition coefficient (Wildman–Crippen LogP) is 1.15. The van der Waals surface area contributed by atoms with Gasteiger partial charge in [-0.2, -0.15) is 0 Å². The van der Waals surface area contributed by atoms with E-state index in [0.29, 0.717) is 22.6 Å². The molecule has 1 aliphatic carbocycles. The highest BCUT2D eigenvalue weighted by Gasteiger charge is 2.30. The molecule has 0 unspecified atom stereocenters. The largest absolute Gasteiger partial charge is 1.00 e. The lowest BCUT2D eigenvalue weighted by Crippen LogP contribution is -3.00. The summed E-state index contributed by atoms with van der Waals surface area (Å²) in [6.07, 6.45) is 10.1. The van der Waals surface area contributed by atoms with Crippen LogP contribution in [0.1, 0.15) is 44.3 Å². The van der Waals surface area contributed by atoms with Gasteiger partial charge in [-0.15, -0.1) is 0 Å². The molecule has 4 rings (SSSR count). The lowest BCUT2D eigenvalue weighted by Gasteiger charge is -2.22. The average molecular weight is 429 g/mol. The monoisotopic (exact) mass is 427 g/mol. The molecule has 1 aromatic carbocycles. The molecule has 0 bridgehead atoms. The number of nitrogens with zero attached hydrogens (tertiary/aromatic N) is 2. The molecule has 0 spiro atoms. The second-order valence-corrected chi connectivity index (χ2v) is 8.16. The number of carbonyl (C=O) groups is 1. The third-order valence-electron chi connectivity index (χ3n) is 5.49. The molecule has 27 heavy (non-hydrogen) atoms. The van der Waals surface area contributed by atoms with Crippen LogP contribution in [0.3, 0.4) is 0 Å². The number of aromatic nitrogens is 2. The van der Waals surface area contributed by atoms with Crippen molar-refractivity contribution in [2.24, 2.45) is 0 Å². The fourth-order valence-corrected chi connectivity index (χ4v) is 4.51. The standard InChI is InChI=1S/C20H23Cl2N3O.ClH/c21-16-9-8-14(11-17(16)22)18-12-24(20-7-4-10-25(18)20)13-19(26)23-15-5-2-1-3-6-15;/h8-9,11-12,15H,1-7,10,13H2;1H. The number of carbonyl (C=O) groups excluding carboxylic acids is 1. The second kappa shape index (κ2) is 8.85. The van der Waals surface area contributed by atoms with E-state index in [9.17, 15) is 4.79 Å². The Morgan fingerprint density at radius 1 is 1.15 bits per heavy atom. The summed E-state index contributed by atoms with van der Waals surface area (Å²) in [5.41, 5.74) is 2.13. The number of amides is 1. The molecule has 1 fully saturated rings. The van der Waals surface area contributed by atoms with Gasteiger partial charge in [0.05, 0.1) is 23.0 Å². The molecule has 0 saturated heterocycles. The number of rotatable bonds is 4. The Morgan fingerprint density at radius 3 is 2.67 bits per heavy atom. The van der Waals surface area contributed by atoms with Gasteiger partial charge < -0.3 is 17.7 Å². The van der Waals surface area contributed by atoms with E-state index >= 15 is 0 Å². The number of halogens is 3. The molecular weight excluding hydrogens is 405 g/mol. The van der Waals surface area contributed by atoms with Crippen LogP contribution in [0.5, 0.6) is 0 Å². The molecule has 0 radical (unpaired) electrons. The first-order valence-electron chi connectivity index (χ1n) is 9.48. The van der Waals surface area contributed by atoms with Crippen molar-refractivity contribution in [3.63, 3.8) is 0 Å². The van der Waals surface area contributed by atoms with E-state index in [1.807, 2.05) is 18.2 Å². The van der Waals surface area contributed by atoms with Crippen LogP contribution in [-0.2, 0) is 24.3 Å². The summed E-state index contributed by atoms with van der Waals surface area (Å²) in [7, 11) is 0. The van der Waals surface area contributed by atoms with Gasteiger partial charge in [-0.1, -0.05) is 42.5 Å². The van der Waals surface area contributed by atoms with Crippen LogP contribution >= 0.6 is 23.2 Å². The Morgan fingerprint density at radius 2 is 1.93 bits per heavy atom. The molecule has 1 saturated carbocycles. The van der Waals surface area contributed by atoms with Gasteiger partial charge in [0.15, 0.2) is 12.2 Å².